The Hall–Kier alpha value is -1.64. The summed E-state index contributed by atoms with van der Waals surface area (Å²) < 4.78 is 0. The topological polar surface area (TPSA) is 29.1 Å². The third-order valence-electron chi connectivity index (χ3n) is 5.09. The molecule has 0 aliphatic carbocycles. The summed E-state index contributed by atoms with van der Waals surface area (Å²) in [6.07, 6.45) is 1.76. The molecule has 4 unspecified atom stereocenters. The summed E-state index contributed by atoms with van der Waals surface area (Å²) in [5.41, 5.74) is 2.42. The summed E-state index contributed by atoms with van der Waals surface area (Å²) >= 11 is 0. The number of hydrogen-bond donors (Lipinski definition) is 1. The van der Waals surface area contributed by atoms with Crippen LogP contribution in [0.3, 0.4) is 0 Å². The van der Waals surface area contributed by atoms with Crippen molar-refractivity contribution in [3.63, 3.8) is 0 Å². The van der Waals surface area contributed by atoms with E-state index in [0.717, 1.165) is 12.8 Å². The molecule has 2 nitrogen and oxygen atoms in total. The number of ketones is 1. The fourth-order valence-corrected chi connectivity index (χ4v) is 3.88. The van der Waals surface area contributed by atoms with Gasteiger partial charge in [0, 0.05) is 23.9 Å². The van der Waals surface area contributed by atoms with Crippen molar-refractivity contribution in [2.75, 3.05) is 0 Å². The predicted molar refractivity (Wildman–Crippen MR) is 94.1 cm³/mol. The lowest BCUT2D eigenvalue weighted by molar-refractivity contribution is -0.132. The molecule has 3 heteroatoms. The number of halogens is 1. The molecule has 1 N–H and O–H groups in total. The Morgan fingerprint density at radius 2 is 1.12 bits per heavy atom. The Morgan fingerprint density at radius 1 is 0.750 bits per heavy atom. The highest BCUT2D eigenvalue weighted by Gasteiger charge is 2.42. The van der Waals surface area contributed by atoms with Crippen molar-refractivity contribution >= 4 is 5.78 Å². The Kier molecular flexibility index (Phi) is 6.59. The zero-order valence-electron chi connectivity index (χ0n) is 14.3. The number of nitrogens with one attached hydrogen (secondary N) is 1. The monoisotopic (exact) mass is 342 g/mol. The molecule has 0 spiro atoms. The minimum Gasteiger partial charge on any atom is -1.00 e. The quantitative estimate of drug-likeness (QED) is 0.916. The number of carbonyl (C=O) groups excluding carboxylic acids is 1. The summed E-state index contributed by atoms with van der Waals surface area (Å²) in [6.45, 7) is 4.24. The van der Waals surface area contributed by atoms with E-state index in [4.69, 9.17) is 0 Å². The van der Waals surface area contributed by atoms with E-state index in [1.165, 1.54) is 11.1 Å². The smallest absolute Gasteiger partial charge is 0.142 e. The van der Waals surface area contributed by atoms with Crippen LogP contribution < -0.4 is 17.7 Å². The summed E-state index contributed by atoms with van der Waals surface area (Å²) in [4.78, 5) is 13.1. The van der Waals surface area contributed by atoms with Gasteiger partial charge in [0.15, 0.2) is 0 Å². The molecule has 1 aliphatic rings. The van der Waals surface area contributed by atoms with Crippen LogP contribution in [0.2, 0.25) is 0 Å². The van der Waals surface area contributed by atoms with E-state index in [9.17, 15) is 4.79 Å². The van der Waals surface area contributed by atoms with Crippen molar-refractivity contribution in [2.24, 2.45) is 11.8 Å². The minimum absolute atomic E-state index is 0. The SMILES string of the molecule is CCC1C(=O)C(CC)C(c2ccccc2)NC1c1ccccc1.[Cl-]. The van der Waals surface area contributed by atoms with Gasteiger partial charge in [0.1, 0.15) is 5.78 Å². The maximum atomic E-state index is 13.1. The average molecular weight is 343 g/mol. The van der Waals surface area contributed by atoms with Crippen molar-refractivity contribution in [3.05, 3.63) is 71.8 Å². The van der Waals surface area contributed by atoms with Crippen LogP contribution in [0.15, 0.2) is 60.7 Å². The molecule has 0 aromatic heterocycles. The van der Waals surface area contributed by atoms with Crippen molar-refractivity contribution in [3.8, 4) is 0 Å². The van der Waals surface area contributed by atoms with Crippen molar-refractivity contribution in [1.29, 1.82) is 0 Å². The third kappa shape index (κ3) is 3.55. The van der Waals surface area contributed by atoms with Gasteiger partial charge < -0.3 is 17.7 Å². The van der Waals surface area contributed by atoms with E-state index in [1.54, 1.807) is 0 Å². The number of Topliss-reactive ketones (excluding diaryl/α,β-unsaturated/α-hetero) is 1. The van der Waals surface area contributed by atoms with Crippen molar-refractivity contribution in [2.45, 2.75) is 38.8 Å². The van der Waals surface area contributed by atoms with Gasteiger partial charge in [-0.1, -0.05) is 74.5 Å². The Balaban J connectivity index is 0.00000208. The number of benzene rings is 2. The van der Waals surface area contributed by atoms with Crippen LogP contribution >= 0.6 is 0 Å². The van der Waals surface area contributed by atoms with Crippen LogP contribution in [0.1, 0.15) is 49.9 Å². The van der Waals surface area contributed by atoms with E-state index < -0.39 is 0 Å². The molecule has 24 heavy (non-hydrogen) atoms. The molecule has 1 saturated heterocycles. The lowest BCUT2D eigenvalue weighted by atomic mass is 9.73. The van der Waals surface area contributed by atoms with E-state index in [0.29, 0.717) is 5.78 Å². The first-order chi connectivity index (χ1) is 11.3. The second kappa shape index (κ2) is 8.46. The maximum absolute atomic E-state index is 13.1. The summed E-state index contributed by atoms with van der Waals surface area (Å²) in [5, 5.41) is 3.80. The lowest BCUT2D eigenvalue weighted by Crippen LogP contribution is -3.00. The molecule has 0 saturated carbocycles. The van der Waals surface area contributed by atoms with E-state index in [1.807, 2.05) is 12.1 Å². The molecule has 0 radical (unpaired) electrons. The van der Waals surface area contributed by atoms with Gasteiger partial charge in [-0.25, -0.2) is 0 Å². The van der Waals surface area contributed by atoms with Gasteiger partial charge in [-0.05, 0) is 24.0 Å². The number of rotatable bonds is 4. The normalized spacial score (nSPS) is 26.7. The predicted octanol–water partition coefficient (Wildman–Crippen LogP) is 1.70. The molecule has 3 rings (SSSR count). The Labute approximate surface area is 151 Å². The van der Waals surface area contributed by atoms with E-state index in [2.05, 4.69) is 67.7 Å². The van der Waals surface area contributed by atoms with Gasteiger partial charge in [0.2, 0.25) is 0 Å². The maximum Gasteiger partial charge on any atom is 0.142 e. The zero-order chi connectivity index (χ0) is 16.2. The van der Waals surface area contributed by atoms with Crippen LogP contribution in [-0.4, -0.2) is 5.78 Å². The highest BCUT2D eigenvalue weighted by molar-refractivity contribution is 5.86. The van der Waals surface area contributed by atoms with Gasteiger partial charge >= 0.3 is 0 Å². The van der Waals surface area contributed by atoms with Crippen LogP contribution in [0.25, 0.3) is 0 Å². The fourth-order valence-electron chi connectivity index (χ4n) is 3.88. The number of hydrogen-bond acceptors (Lipinski definition) is 2. The second-order valence-electron chi connectivity index (χ2n) is 6.38. The van der Waals surface area contributed by atoms with Gasteiger partial charge in [0.25, 0.3) is 0 Å². The molecule has 1 fully saturated rings. The first-order valence-electron chi connectivity index (χ1n) is 8.65. The zero-order valence-corrected chi connectivity index (χ0v) is 15.0. The van der Waals surface area contributed by atoms with E-state index in [-0.39, 0.29) is 36.3 Å². The molecular weight excluding hydrogens is 318 g/mol. The highest BCUT2D eigenvalue weighted by atomic mass is 35.5. The average Bonchev–Trinajstić information content (AvgIpc) is 2.62. The van der Waals surface area contributed by atoms with Gasteiger partial charge in [0.05, 0.1) is 0 Å². The van der Waals surface area contributed by atoms with Crippen LogP contribution in [-0.2, 0) is 4.79 Å². The van der Waals surface area contributed by atoms with Gasteiger partial charge in [-0.2, -0.15) is 0 Å². The fraction of sp³-hybridized carbons (Fsp3) is 0.381. The lowest BCUT2D eigenvalue weighted by Gasteiger charge is -2.41. The molecule has 2 aromatic carbocycles. The Bertz CT molecular complexity index is 588. The Morgan fingerprint density at radius 3 is 1.46 bits per heavy atom. The first kappa shape index (κ1) is 18.7. The van der Waals surface area contributed by atoms with Crippen LogP contribution in [0.4, 0.5) is 0 Å². The molecule has 1 heterocycles. The first-order valence-corrected chi connectivity index (χ1v) is 8.65. The molecule has 0 amide bonds. The number of carbonyl (C=O) groups is 1. The van der Waals surface area contributed by atoms with Gasteiger partial charge in [-0.3, -0.25) is 4.79 Å². The number of piperidine rings is 1. The largest absolute Gasteiger partial charge is 1.00 e. The van der Waals surface area contributed by atoms with Crippen LogP contribution in [0, 0.1) is 11.8 Å². The molecule has 2 aromatic rings. The van der Waals surface area contributed by atoms with E-state index >= 15 is 0 Å². The van der Waals surface area contributed by atoms with Crippen molar-refractivity contribution < 1.29 is 17.2 Å². The van der Waals surface area contributed by atoms with Crippen molar-refractivity contribution in [1.82, 2.24) is 5.32 Å². The standard InChI is InChI=1S/C21H25NO.ClH/c1-3-17-19(15-11-7-5-8-12-15)22-20(18(4-2)21(17)23)16-13-9-6-10-14-16;/h5-14,17-20,22H,3-4H2,1-2H3;1H/p-1. The minimum atomic E-state index is 0. The summed E-state index contributed by atoms with van der Waals surface area (Å²) in [5.74, 6) is 0.529. The molecule has 4 atom stereocenters. The molecule has 128 valence electrons. The molecule has 1 aliphatic heterocycles. The summed E-state index contributed by atoms with van der Waals surface area (Å²) in [7, 11) is 0. The van der Waals surface area contributed by atoms with Gasteiger partial charge in [-0.15, -0.1) is 0 Å². The second-order valence-corrected chi connectivity index (χ2v) is 6.38. The highest BCUT2D eigenvalue weighted by Crippen LogP contribution is 2.40. The molecular formula is C21H25ClNO-. The van der Waals surface area contributed by atoms with Crippen LogP contribution in [0.5, 0.6) is 0 Å². The molecule has 0 bridgehead atoms. The summed E-state index contributed by atoms with van der Waals surface area (Å²) in [6, 6.07) is 21.0. The third-order valence-corrected chi connectivity index (χ3v) is 5.09.